The zero-order valence-electron chi connectivity index (χ0n) is 17.7. The second-order valence-corrected chi connectivity index (χ2v) is 8.74. The maximum absolute atomic E-state index is 12.6. The monoisotopic (exact) mass is 498 g/mol. The van der Waals surface area contributed by atoms with E-state index < -0.39 is 0 Å². The number of hydrogen-bond donors (Lipinski definition) is 1. The fourth-order valence-electron chi connectivity index (χ4n) is 3.13. The van der Waals surface area contributed by atoms with Crippen molar-refractivity contribution in [2.24, 2.45) is 0 Å². The summed E-state index contributed by atoms with van der Waals surface area (Å²) in [5, 5.41) is 13.4. The normalized spacial score (nSPS) is 10.8. The Morgan fingerprint density at radius 1 is 1.00 bits per heavy atom. The van der Waals surface area contributed by atoms with Crippen LogP contribution in [0.4, 0.5) is 5.69 Å². The van der Waals surface area contributed by atoms with Gasteiger partial charge in [-0.1, -0.05) is 47.1 Å². The highest BCUT2D eigenvalue weighted by Gasteiger charge is 2.18. The van der Waals surface area contributed by atoms with E-state index in [2.05, 4.69) is 15.5 Å². The number of carbonyl (C=O) groups is 1. The third-order valence-corrected chi connectivity index (χ3v) is 6.00. The molecule has 0 unspecified atom stereocenters. The van der Waals surface area contributed by atoms with Gasteiger partial charge in [0.2, 0.25) is 5.91 Å². The number of ether oxygens (including phenoxy) is 1. The minimum Gasteiger partial charge on any atom is -0.494 e. The van der Waals surface area contributed by atoms with E-state index in [1.807, 2.05) is 54.0 Å². The molecule has 1 N–H and O–H groups in total. The van der Waals surface area contributed by atoms with Crippen molar-refractivity contribution in [3.8, 4) is 22.8 Å². The Morgan fingerprint density at radius 3 is 2.45 bits per heavy atom. The lowest BCUT2D eigenvalue weighted by atomic mass is 10.2. The molecule has 0 bridgehead atoms. The molecule has 1 amide bonds. The van der Waals surface area contributed by atoms with E-state index in [1.54, 1.807) is 30.3 Å². The van der Waals surface area contributed by atoms with Crippen molar-refractivity contribution in [2.45, 2.75) is 12.1 Å². The molecule has 1 heterocycles. The predicted molar refractivity (Wildman–Crippen MR) is 134 cm³/mol. The molecule has 0 aliphatic carbocycles. The van der Waals surface area contributed by atoms with Crippen molar-refractivity contribution in [2.75, 3.05) is 17.7 Å². The molecule has 3 aromatic carbocycles. The zero-order chi connectivity index (χ0) is 23.2. The van der Waals surface area contributed by atoms with E-state index >= 15 is 0 Å². The number of aromatic nitrogens is 3. The molecule has 0 aliphatic rings. The van der Waals surface area contributed by atoms with E-state index in [0.717, 1.165) is 17.0 Å². The van der Waals surface area contributed by atoms with Gasteiger partial charge in [0.05, 0.1) is 12.4 Å². The van der Waals surface area contributed by atoms with E-state index in [-0.39, 0.29) is 11.7 Å². The lowest BCUT2D eigenvalue weighted by Crippen LogP contribution is -2.14. The van der Waals surface area contributed by atoms with Crippen LogP contribution in [0.2, 0.25) is 10.0 Å². The standard InChI is InChI=1S/C24H20Cl2N4O2S/c1-2-32-21-12-8-19(9-13-21)27-22(31)15-33-24-29-28-23(16-4-3-5-18(26)14-16)30(24)20-10-6-17(25)7-11-20/h3-14H,2,15H2,1H3,(H,27,31). The maximum Gasteiger partial charge on any atom is 0.234 e. The van der Waals surface area contributed by atoms with Gasteiger partial charge in [-0.25, -0.2) is 0 Å². The summed E-state index contributed by atoms with van der Waals surface area (Å²) in [5.74, 6) is 1.39. The van der Waals surface area contributed by atoms with Gasteiger partial charge in [-0.3, -0.25) is 9.36 Å². The molecule has 0 aliphatic heterocycles. The number of anilines is 1. The number of nitrogens with one attached hydrogen (secondary N) is 1. The van der Waals surface area contributed by atoms with Crippen molar-refractivity contribution < 1.29 is 9.53 Å². The number of carbonyl (C=O) groups excluding carboxylic acids is 1. The van der Waals surface area contributed by atoms with E-state index in [0.29, 0.717) is 33.3 Å². The molecular formula is C24H20Cl2N4O2S. The maximum atomic E-state index is 12.6. The van der Waals surface area contributed by atoms with Gasteiger partial charge < -0.3 is 10.1 Å². The van der Waals surface area contributed by atoms with E-state index in [4.69, 9.17) is 27.9 Å². The Labute approximate surface area is 205 Å². The molecule has 4 aromatic rings. The number of halogens is 2. The van der Waals surface area contributed by atoms with Crippen LogP contribution in [0.5, 0.6) is 5.75 Å². The van der Waals surface area contributed by atoms with Crippen LogP contribution in [-0.4, -0.2) is 33.0 Å². The Balaban J connectivity index is 1.54. The highest BCUT2D eigenvalue weighted by molar-refractivity contribution is 7.99. The molecule has 0 fully saturated rings. The molecule has 9 heteroatoms. The van der Waals surface area contributed by atoms with Crippen LogP contribution in [0.25, 0.3) is 17.1 Å². The molecule has 0 saturated heterocycles. The quantitative estimate of drug-likeness (QED) is 0.285. The molecule has 0 spiro atoms. The second kappa shape index (κ2) is 10.7. The highest BCUT2D eigenvalue weighted by Crippen LogP contribution is 2.30. The molecule has 0 radical (unpaired) electrons. The topological polar surface area (TPSA) is 69.0 Å². The summed E-state index contributed by atoms with van der Waals surface area (Å²) in [6.45, 7) is 2.52. The number of thioether (sulfide) groups is 1. The van der Waals surface area contributed by atoms with Gasteiger partial charge in [-0.05, 0) is 67.6 Å². The first-order chi connectivity index (χ1) is 16.0. The molecule has 0 atom stereocenters. The fraction of sp³-hybridized carbons (Fsp3) is 0.125. The number of benzene rings is 3. The summed E-state index contributed by atoms with van der Waals surface area (Å²) in [6, 6.07) is 22.0. The summed E-state index contributed by atoms with van der Waals surface area (Å²) in [7, 11) is 0. The first kappa shape index (κ1) is 23.2. The van der Waals surface area contributed by atoms with Crippen molar-refractivity contribution >= 4 is 46.6 Å². The van der Waals surface area contributed by atoms with Gasteiger partial charge in [0.15, 0.2) is 11.0 Å². The molecule has 4 rings (SSSR count). The van der Waals surface area contributed by atoms with Gasteiger partial charge in [-0.2, -0.15) is 0 Å². The van der Waals surface area contributed by atoms with Crippen molar-refractivity contribution in [3.63, 3.8) is 0 Å². The first-order valence-electron chi connectivity index (χ1n) is 10.2. The summed E-state index contributed by atoms with van der Waals surface area (Å²) in [6.07, 6.45) is 0. The van der Waals surface area contributed by atoms with Crippen LogP contribution in [0, 0.1) is 0 Å². The third kappa shape index (κ3) is 5.87. The lowest BCUT2D eigenvalue weighted by Gasteiger charge is -2.11. The molecule has 1 aromatic heterocycles. The summed E-state index contributed by atoms with van der Waals surface area (Å²) >= 11 is 13.6. The van der Waals surface area contributed by atoms with E-state index in [1.165, 1.54) is 11.8 Å². The van der Waals surface area contributed by atoms with Crippen molar-refractivity contribution in [1.29, 1.82) is 0 Å². The number of nitrogens with zero attached hydrogens (tertiary/aromatic N) is 3. The zero-order valence-corrected chi connectivity index (χ0v) is 20.0. The summed E-state index contributed by atoms with van der Waals surface area (Å²) in [4.78, 5) is 12.6. The van der Waals surface area contributed by atoms with Crippen LogP contribution in [0.3, 0.4) is 0 Å². The summed E-state index contributed by atoms with van der Waals surface area (Å²) < 4.78 is 7.31. The molecule has 33 heavy (non-hydrogen) atoms. The number of hydrogen-bond acceptors (Lipinski definition) is 5. The first-order valence-corrected chi connectivity index (χ1v) is 11.9. The Morgan fingerprint density at radius 2 is 1.76 bits per heavy atom. The van der Waals surface area contributed by atoms with Gasteiger partial charge in [0, 0.05) is 27.0 Å². The lowest BCUT2D eigenvalue weighted by molar-refractivity contribution is -0.113. The van der Waals surface area contributed by atoms with Gasteiger partial charge in [0.1, 0.15) is 5.75 Å². The number of rotatable bonds is 8. The SMILES string of the molecule is CCOc1ccc(NC(=O)CSc2nnc(-c3cccc(Cl)c3)n2-c2ccc(Cl)cc2)cc1. The fourth-order valence-corrected chi connectivity index (χ4v) is 4.20. The highest BCUT2D eigenvalue weighted by atomic mass is 35.5. The van der Waals surface area contributed by atoms with Gasteiger partial charge >= 0.3 is 0 Å². The smallest absolute Gasteiger partial charge is 0.234 e. The average Bonchev–Trinajstić information content (AvgIpc) is 3.24. The second-order valence-electron chi connectivity index (χ2n) is 6.92. The molecule has 0 saturated carbocycles. The third-order valence-electron chi connectivity index (χ3n) is 4.58. The average molecular weight is 499 g/mol. The Bertz CT molecular complexity index is 1240. The van der Waals surface area contributed by atoms with Gasteiger partial charge in [-0.15, -0.1) is 10.2 Å². The van der Waals surface area contributed by atoms with Crippen molar-refractivity contribution in [1.82, 2.24) is 14.8 Å². The summed E-state index contributed by atoms with van der Waals surface area (Å²) in [5.41, 5.74) is 2.34. The van der Waals surface area contributed by atoms with Gasteiger partial charge in [0.25, 0.3) is 0 Å². The van der Waals surface area contributed by atoms with Crippen LogP contribution in [0.1, 0.15) is 6.92 Å². The van der Waals surface area contributed by atoms with Crippen LogP contribution < -0.4 is 10.1 Å². The van der Waals surface area contributed by atoms with Crippen molar-refractivity contribution in [3.05, 3.63) is 82.8 Å². The minimum atomic E-state index is -0.154. The Kier molecular flexibility index (Phi) is 7.54. The molecular weight excluding hydrogens is 479 g/mol. The minimum absolute atomic E-state index is 0.154. The molecule has 6 nitrogen and oxygen atoms in total. The largest absolute Gasteiger partial charge is 0.494 e. The Hall–Kier alpha value is -3.00. The van der Waals surface area contributed by atoms with Crippen LogP contribution in [0.15, 0.2) is 78.0 Å². The molecule has 168 valence electrons. The predicted octanol–water partition coefficient (Wildman–Crippen LogP) is 6.37. The van der Waals surface area contributed by atoms with Crippen LogP contribution in [-0.2, 0) is 4.79 Å². The number of amides is 1. The van der Waals surface area contributed by atoms with E-state index in [9.17, 15) is 4.79 Å². The van der Waals surface area contributed by atoms with Crippen LogP contribution >= 0.6 is 35.0 Å².